The van der Waals surface area contributed by atoms with Gasteiger partial charge in [-0.1, -0.05) is 12.1 Å². The molecule has 4 rings (SSSR count). The van der Waals surface area contributed by atoms with Gasteiger partial charge in [-0.25, -0.2) is 0 Å². The van der Waals surface area contributed by atoms with Crippen LogP contribution in [0.25, 0.3) is 0 Å². The molecular weight excluding hydrogens is 246 g/mol. The third-order valence-electron chi connectivity index (χ3n) is 5.20. The van der Waals surface area contributed by atoms with E-state index in [1.807, 2.05) is 0 Å². The van der Waals surface area contributed by atoms with Gasteiger partial charge in [0, 0.05) is 12.1 Å². The zero-order valence-corrected chi connectivity index (χ0v) is 12.3. The molecule has 0 heterocycles. The Morgan fingerprint density at radius 2 is 1.45 bits per heavy atom. The largest absolute Gasteiger partial charge is 0.497 e. The molecule has 1 atom stereocenters. The molecule has 0 spiro atoms. The molecule has 0 radical (unpaired) electrons. The molecule has 20 heavy (non-hydrogen) atoms. The summed E-state index contributed by atoms with van der Waals surface area (Å²) >= 11 is 0. The zero-order valence-electron chi connectivity index (χ0n) is 12.3. The lowest BCUT2D eigenvalue weighted by Crippen LogP contribution is -2.37. The monoisotopic (exact) mass is 271 g/mol. The number of methoxy groups -OCH3 is 1. The van der Waals surface area contributed by atoms with Crippen molar-refractivity contribution in [3.8, 4) is 5.75 Å². The summed E-state index contributed by atoms with van der Waals surface area (Å²) in [5.41, 5.74) is 1.46. The van der Waals surface area contributed by atoms with Gasteiger partial charge in [-0.15, -0.1) is 0 Å². The Labute approximate surface area is 121 Å². The Morgan fingerprint density at radius 3 is 1.90 bits per heavy atom. The summed E-state index contributed by atoms with van der Waals surface area (Å²) in [6.45, 7) is 0. The molecule has 3 aliphatic rings. The lowest BCUT2D eigenvalue weighted by Gasteiger charge is -2.26. The molecule has 3 saturated carbocycles. The van der Waals surface area contributed by atoms with Crippen LogP contribution in [-0.2, 0) is 0 Å². The zero-order chi connectivity index (χ0) is 13.5. The van der Waals surface area contributed by atoms with Crippen molar-refractivity contribution in [3.05, 3.63) is 29.8 Å². The number of hydrogen-bond donors (Lipinski definition) is 1. The smallest absolute Gasteiger partial charge is 0.118 e. The van der Waals surface area contributed by atoms with Crippen molar-refractivity contribution in [2.45, 2.75) is 50.6 Å². The first-order valence-corrected chi connectivity index (χ1v) is 8.25. The maximum atomic E-state index is 5.28. The van der Waals surface area contributed by atoms with Crippen LogP contribution in [0.4, 0.5) is 0 Å². The average Bonchev–Trinajstić information content (AvgIpc) is 3.32. The van der Waals surface area contributed by atoms with Crippen LogP contribution in [0.5, 0.6) is 5.75 Å². The minimum absolute atomic E-state index is 0.576. The van der Waals surface area contributed by atoms with E-state index in [9.17, 15) is 0 Å². The fourth-order valence-corrected chi connectivity index (χ4v) is 3.52. The van der Waals surface area contributed by atoms with Crippen LogP contribution in [0.2, 0.25) is 0 Å². The van der Waals surface area contributed by atoms with E-state index in [0.717, 1.165) is 29.5 Å². The molecule has 0 aromatic heterocycles. The minimum atomic E-state index is 0.576. The normalized spacial score (nSPS) is 23.9. The van der Waals surface area contributed by atoms with Gasteiger partial charge in [0.2, 0.25) is 0 Å². The Balaban J connectivity index is 1.50. The standard InChI is InChI=1S/C18H25NO/c1-20-16-10-8-15(9-11-16)18(14-6-7-14)19-17(12-2-3-12)13-4-5-13/h8-14,17-19H,2-7H2,1H3. The predicted octanol–water partition coefficient (Wildman–Crippen LogP) is 3.92. The van der Waals surface area contributed by atoms with Crippen molar-refractivity contribution in [1.29, 1.82) is 0 Å². The van der Waals surface area contributed by atoms with E-state index in [2.05, 4.69) is 29.6 Å². The van der Waals surface area contributed by atoms with Gasteiger partial charge in [0.25, 0.3) is 0 Å². The number of rotatable bonds is 7. The second-order valence-corrected chi connectivity index (χ2v) is 6.96. The van der Waals surface area contributed by atoms with E-state index >= 15 is 0 Å². The van der Waals surface area contributed by atoms with Crippen LogP contribution in [0.1, 0.15) is 50.1 Å². The molecule has 0 bridgehead atoms. The summed E-state index contributed by atoms with van der Waals surface area (Å²) in [4.78, 5) is 0. The summed E-state index contributed by atoms with van der Waals surface area (Å²) in [5.74, 6) is 3.77. The highest BCUT2D eigenvalue weighted by molar-refractivity contribution is 5.30. The molecule has 0 amide bonds. The lowest BCUT2D eigenvalue weighted by molar-refractivity contribution is 0.343. The minimum Gasteiger partial charge on any atom is -0.497 e. The molecule has 0 saturated heterocycles. The van der Waals surface area contributed by atoms with Crippen LogP contribution >= 0.6 is 0 Å². The summed E-state index contributed by atoms with van der Waals surface area (Å²) in [6.07, 6.45) is 8.60. The molecule has 1 unspecified atom stereocenters. The molecule has 3 fully saturated rings. The van der Waals surface area contributed by atoms with Gasteiger partial charge in [-0.3, -0.25) is 0 Å². The van der Waals surface area contributed by atoms with E-state index in [1.165, 1.54) is 44.1 Å². The van der Waals surface area contributed by atoms with E-state index < -0.39 is 0 Å². The van der Waals surface area contributed by atoms with Crippen LogP contribution in [0, 0.1) is 17.8 Å². The van der Waals surface area contributed by atoms with Gasteiger partial charge in [0.05, 0.1) is 7.11 Å². The first-order chi connectivity index (χ1) is 9.85. The van der Waals surface area contributed by atoms with Crippen LogP contribution < -0.4 is 10.1 Å². The molecule has 3 aliphatic carbocycles. The SMILES string of the molecule is COc1ccc(C(NC(C2CC2)C2CC2)C2CC2)cc1. The van der Waals surface area contributed by atoms with E-state index in [-0.39, 0.29) is 0 Å². The second-order valence-electron chi connectivity index (χ2n) is 6.96. The van der Waals surface area contributed by atoms with Gasteiger partial charge in [-0.2, -0.15) is 0 Å². The van der Waals surface area contributed by atoms with Crippen LogP contribution in [-0.4, -0.2) is 13.2 Å². The Bertz CT molecular complexity index is 445. The average molecular weight is 271 g/mol. The number of ether oxygens (including phenoxy) is 1. The maximum absolute atomic E-state index is 5.28. The number of benzene rings is 1. The second kappa shape index (κ2) is 5.07. The molecule has 2 nitrogen and oxygen atoms in total. The molecule has 1 aromatic rings. The summed E-state index contributed by atoms with van der Waals surface area (Å²) in [7, 11) is 1.74. The van der Waals surface area contributed by atoms with Crippen molar-refractivity contribution in [1.82, 2.24) is 5.32 Å². The van der Waals surface area contributed by atoms with Gasteiger partial charge in [-0.05, 0) is 74.0 Å². The Morgan fingerprint density at radius 1 is 0.900 bits per heavy atom. The third-order valence-corrected chi connectivity index (χ3v) is 5.20. The third kappa shape index (κ3) is 2.71. The number of hydrogen-bond acceptors (Lipinski definition) is 2. The van der Waals surface area contributed by atoms with Crippen molar-refractivity contribution in [2.24, 2.45) is 17.8 Å². The van der Waals surface area contributed by atoms with Gasteiger partial charge >= 0.3 is 0 Å². The molecule has 108 valence electrons. The molecule has 1 aromatic carbocycles. The van der Waals surface area contributed by atoms with Crippen molar-refractivity contribution in [3.63, 3.8) is 0 Å². The van der Waals surface area contributed by atoms with E-state index in [0.29, 0.717) is 6.04 Å². The first-order valence-electron chi connectivity index (χ1n) is 8.25. The molecule has 0 aliphatic heterocycles. The van der Waals surface area contributed by atoms with Crippen molar-refractivity contribution in [2.75, 3.05) is 7.11 Å². The topological polar surface area (TPSA) is 21.3 Å². The maximum Gasteiger partial charge on any atom is 0.118 e. The number of nitrogens with one attached hydrogen (secondary N) is 1. The fourth-order valence-electron chi connectivity index (χ4n) is 3.52. The first kappa shape index (κ1) is 12.7. The van der Waals surface area contributed by atoms with E-state index in [1.54, 1.807) is 7.11 Å². The Kier molecular flexibility index (Phi) is 3.22. The fraction of sp³-hybridized carbons (Fsp3) is 0.667. The van der Waals surface area contributed by atoms with Crippen LogP contribution in [0.3, 0.4) is 0 Å². The molecule has 2 heteroatoms. The van der Waals surface area contributed by atoms with Gasteiger partial charge < -0.3 is 10.1 Å². The molecular formula is C18H25NO. The summed E-state index contributed by atoms with van der Waals surface area (Å²) in [6, 6.07) is 10.1. The van der Waals surface area contributed by atoms with E-state index in [4.69, 9.17) is 4.74 Å². The van der Waals surface area contributed by atoms with Crippen LogP contribution in [0.15, 0.2) is 24.3 Å². The molecule has 1 N–H and O–H groups in total. The summed E-state index contributed by atoms with van der Waals surface area (Å²) < 4.78 is 5.28. The quantitative estimate of drug-likeness (QED) is 0.811. The highest BCUT2D eigenvalue weighted by atomic mass is 16.5. The van der Waals surface area contributed by atoms with Crippen molar-refractivity contribution < 1.29 is 4.74 Å². The lowest BCUT2D eigenvalue weighted by atomic mass is 9.98. The highest BCUT2D eigenvalue weighted by Crippen LogP contribution is 2.48. The summed E-state index contributed by atoms with van der Waals surface area (Å²) in [5, 5.41) is 4.05. The van der Waals surface area contributed by atoms with Gasteiger partial charge in [0.1, 0.15) is 5.75 Å². The highest BCUT2D eigenvalue weighted by Gasteiger charge is 2.44. The van der Waals surface area contributed by atoms with Crippen molar-refractivity contribution >= 4 is 0 Å². The van der Waals surface area contributed by atoms with Gasteiger partial charge in [0.15, 0.2) is 0 Å². The Hall–Kier alpha value is -1.02. The predicted molar refractivity (Wildman–Crippen MR) is 80.8 cm³/mol.